The molecular formula is C13H19N3O2. The highest BCUT2D eigenvalue weighted by Crippen LogP contribution is 2.10. The van der Waals surface area contributed by atoms with Crippen LogP contribution in [0, 0.1) is 0 Å². The van der Waals surface area contributed by atoms with E-state index in [2.05, 4.69) is 10.6 Å². The number of hydrogen-bond acceptors (Lipinski definition) is 3. The Morgan fingerprint density at radius 3 is 2.39 bits per heavy atom. The number of benzene rings is 1. The van der Waals surface area contributed by atoms with Crippen LogP contribution in [0.3, 0.4) is 0 Å². The molecule has 0 radical (unpaired) electrons. The van der Waals surface area contributed by atoms with Crippen molar-refractivity contribution in [1.29, 1.82) is 0 Å². The van der Waals surface area contributed by atoms with Crippen LogP contribution in [0.15, 0.2) is 24.3 Å². The van der Waals surface area contributed by atoms with E-state index in [1.165, 1.54) is 0 Å². The first kappa shape index (κ1) is 14.2. The summed E-state index contributed by atoms with van der Waals surface area (Å²) in [4.78, 5) is 23.0. The minimum absolute atomic E-state index is 0.157. The summed E-state index contributed by atoms with van der Waals surface area (Å²) in [5.74, 6) is -0.361. The van der Waals surface area contributed by atoms with E-state index in [-0.39, 0.29) is 11.8 Å². The lowest BCUT2D eigenvalue weighted by atomic mass is 10.1. The third-order valence-electron chi connectivity index (χ3n) is 2.58. The molecular weight excluding hydrogens is 230 g/mol. The van der Waals surface area contributed by atoms with Gasteiger partial charge in [-0.05, 0) is 30.7 Å². The average Bonchev–Trinajstić information content (AvgIpc) is 2.39. The number of hydrogen-bond donors (Lipinski definition) is 3. The standard InChI is InChI=1S/C13H19N3O2/c1-3-4-11(14)13(18)16-10-7-5-9(6-8-10)12(17)15-2/h5-8,11H,3-4,14H2,1-2H3,(H,15,17)(H,16,18)/t11-/m0/s1. The van der Waals surface area contributed by atoms with E-state index in [0.717, 1.165) is 6.42 Å². The maximum atomic E-state index is 11.7. The summed E-state index contributed by atoms with van der Waals surface area (Å²) in [5.41, 5.74) is 6.89. The van der Waals surface area contributed by atoms with Gasteiger partial charge in [0.15, 0.2) is 0 Å². The Labute approximate surface area is 107 Å². The molecule has 0 spiro atoms. The van der Waals surface area contributed by atoms with E-state index in [0.29, 0.717) is 17.7 Å². The highest BCUT2D eigenvalue weighted by atomic mass is 16.2. The van der Waals surface area contributed by atoms with Crippen molar-refractivity contribution in [3.8, 4) is 0 Å². The zero-order chi connectivity index (χ0) is 13.5. The molecule has 18 heavy (non-hydrogen) atoms. The Bertz CT molecular complexity index is 415. The van der Waals surface area contributed by atoms with Crippen LogP contribution in [0.4, 0.5) is 5.69 Å². The van der Waals surface area contributed by atoms with Crippen molar-refractivity contribution in [3.05, 3.63) is 29.8 Å². The van der Waals surface area contributed by atoms with Gasteiger partial charge in [-0.2, -0.15) is 0 Å². The lowest BCUT2D eigenvalue weighted by molar-refractivity contribution is -0.117. The molecule has 0 unspecified atom stereocenters. The third kappa shape index (κ3) is 3.85. The minimum Gasteiger partial charge on any atom is -0.355 e. The first-order valence-corrected chi connectivity index (χ1v) is 5.97. The van der Waals surface area contributed by atoms with Crippen molar-refractivity contribution >= 4 is 17.5 Å². The minimum atomic E-state index is -0.492. The Balaban J connectivity index is 2.63. The second-order valence-corrected chi connectivity index (χ2v) is 4.04. The van der Waals surface area contributed by atoms with Crippen LogP contribution >= 0.6 is 0 Å². The van der Waals surface area contributed by atoms with Gasteiger partial charge >= 0.3 is 0 Å². The summed E-state index contributed by atoms with van der Waals surface area (Å²) < 4.78 is 0. The first-order chi connectivity index (χ1) is 8.58. The molecule has 1 atom stereocenters. The Morgan fingerprint density at radius 1 is 1.28 bits per heavy atom. The zero-order valence-corrected chi connectivity index (χ0v) is 10.7. The highest BCUT2D eigenvalue weighted by molar-refractivity contribution is 5.96. The molecule has 0 aliphatic carbocycles. The number of nitrogens with one attached hydrogen (secondary N) is 2. The number of rotatable bonds is 5. The van der Waals surface area contributed by atoms with Gasteiger partial charge in [-0.15, -0.1) is 0 Å². The van der Waals surface area contributed by atoms with E-state index in [1.54, 1.807) is 31.3 Å². The molecule has 5 nitrogen and oxygen atoms in total. The van der Waals surface area contributed by atoms with Gasteiger partial charge in [0.25, 0.3) is 5.91 Å². The normalized spacial score (nSPS) is 11.7. The zero-order valence-electron chi connectivity index (χ0n) is 10.7. The molecule has 0 aliphatic heterocycles. The summed E-state index contributed by atoms with van der Waals surface area (Å²) in [7, 11) is 1.57. The van der Waals surface area contributed by atoms with Crippen LogP contribution in [0.5, 0.6) is 0 Å². The summed E-state index contributed by atoms with van der Waals surface area (Å²) in [6.45, 7) is 1.98. The molecule has 1 aromatic carbocycles. The molecule has 0 aromatic heterocycles. The lowest BCUT2D eigenvalue weighted by Gasteiger charge is -2.11. The quantitative estimate of drug-likeness (QED) is 0.731. The molecule has 1 aromatic rings. The Morgan fingerprint density at radius 2 is 1.89 bits per heavy atom. The molecule has 0 saturated carbocycles. The molecule has 0 saturated heterocycles. The van der Waals surface area contributed by atoms with Gasteiger partial charge < -0.3 is 16.4 Å². The first-order valence-electron chi connectivity index (χ1n) is 5.97. The molecule has 98 valence electrons. The van der Waals surface area contributed by atoms with Crippen LogP contribution in [0.25, 0.3) is 0 Å². The van der Waals surface area contributed by atoms with Gasteiger partial charge in [-0.3, -0.25) is 9.59 Å². The molecule has 1 rings (SSSR count). The van der Waals surface area contributed by atoms with E-state index < -0.39 is 6.04 Å². The van der Waals surface area contributed by atoms with Gasteiger partial charge in [0.1, 0.15) is 0 Å². The van der Waals surface area contributed by atoms with E-state index in [1.807, 2.05) is 6.92 Å². The maximum Gasteiger partial charge on any atom is 0.251 e. The van der Waals surface area contributed by atoms with Crippen molar-refractivity contribution in [3.63, 3.8) is 0 Å². The van der Waals surface area contributed by atoms with E-state index in [9.17, 15) is 9.59 Å². The average molecular weight is 249 g/mol. The van der Waals surface area contributed by atoms with Gasteiger partial charge in [-0.1, -0.05) is 13.3 Å². The Kier molecular flexibility index (Phi) is 5.32. The number of anilines is 1. The molecule has 4 N–H and O–H groups in total. The topological polar surface area (TPSA) is 84.2 Å². The predicted octanol–water partition coefficient (Wildman–Crippen LogP) is 1.11. The summed E-state index contributed by atoms with van der Waals surface area (Å²) in [6.07, 6.45) is 1.52. The Hall–Kier alpha value is -1.88. The van der Waals surface area contributed by atoms with E-state index >= 15 is 0 Å². The van der Waals surface area contributed by atoms with Crippen molar-refractivity contribution in [2.24, 2.45) is 5.73 Å². The lowest BCUT2D eigenvalue weighted by Crippen LogP contribution is -2.35. The van der Waals surface area contributed by atoms with Crippen LogP contribution in [0.1, 0.15) is 30.1 Å². The SMILES string of the molecule is CCC[C@H](N)C(=O)Nc1ccc(C(=O)NC)cc1. The smallest absolute Gasteiger partial charge is 0.251 e. The summed E-state index contributed by atoms with van der Waals surface area (Å²) in [5, 5.41) is 5.25. The fourth-order valence-corrected chi connectivity index (χ4v) is 1.53. The fraction of sp³-hybridized carbons (Fsp3) is 0.385. The predicted molar refractivity (Wildman–Crippen MR) is 71.3 cm³/mol. The molecule has 0 aliphatic rings. The summed E-state index contributed by atoms with van der Waals surface area (Å²) in [6, 6.07) is 6.18. The molecule has 0 heterocycles. The third-order valence-corrected chi connectivity index (χ3v) is 2.58. The maximum absolute atomic E-state index is 11.7. The monoisotopic (exact) mass is 249 g/mol. The van der Waals surface area contributed by atoms with Crippen LogP contribution in [0.2, 0.25) is 0 Å². The van der Waals surface area contributed by atoms with E-state index in [4.69, 9.17) is 5.73 Å². The van der Waals surface area contributed by atoms with Crippen LogP contribution in [-0.4, -0.2) is 24.9 Å². The van der Waals surface area contributed by atoms with Gasteiger partial charge in [0.2, 0.25) is 5.91 Å². The molecule has 0 bridgehead atoms. The number of nitrogens with two attached hydrogens (primary N) is 1. The number of amides is 2. The highest BCUT2D eigenvalue weighted by Gasteiger charge is 2.12. The summed E-state index contributed by atoms with van der Waals surface area (Å²) >= 11 is 0. The van der Waals surface area contributed by atoms with Crippen LogP contribution in [-0.2, 0) is 4.79 Å². The second kappa shape index (κ2) is 6.76. The van der Waals surface area contributed by atoms with Crippen molar-refractivity contribution in [1.82, 2.24) is 5.32 Å². The number of carbonyl (C=O) groups is 2. The van der Waals surface area contributed by atoms with Crippen molar-refractivity contribution in [2.75, 3.05) is 12.4 Å². The second-order valence-electron chi connectivity index (χ2n) is 4.04. The molecule has 2 amide bonds. The van der Waals surface area contributed by atoms with Crippen molar-refractivity contribution in [2.45, 2.75) is 25.8 Å². The molecule has 5 heteroatoms. The molecule has 0 fully saturated rings. The van der Waals surface area contributed by atoms with Crippen LogP contribution < -0.4 is 16.4 Å². The van der Waals surface area contributed by atoms with Gasteiger partial charge in [-0.25, -0.2) is 0 Å². The fourth-order valence-electron chi connectivity index (χ4n) is 1.53. The van der Waals surface area contributed by atoms with Gasteiger partial charge in [0, 0.05) is 18.3 Å². The number of carbonyl (C=O) groups excluding carboxylic acids is 2. The largest absolute Gasteiger partial charge is 0.355 e. The van der Waals surface area contributed by atoms with Crippen molar-refractivity contribution < 1.29 is 9.59 Å². The van der Waals surface area contributed by atoms with Gasteiger partial charge in [0.05, 0.1) is 6.04 Å².